The Hall–Kier alpha value is -1.91. The lowest BCUT2D eigenvalue weighted by atomic mass is 9.98. The molecule has 1 aromatic carbocycles. The van der Waals surface area contributed by atoms with Crippen LogP contribution in [0.5, 0.6) is 5.75 Å². The predicted molar refractivity (Wildman–Crippen MR) is 111 cm³/mol. The maximum atomic E-state index is 12.9. The highest BCUT2D eigenvalue weighted by atomic mass is 127. The number of aliphatic imine (C=N–C) groups is 1. The Balaban J connectivity index is 0.00000261. The van der Waals surface area contributed by atoms with E-state index in [1.54, 1.807) is 14.2 Å². The van der Waals surface area contributed by atoms with Crippen molar-refractivity contribution in [2.45, 2.75) is 25.4 Å². The number of rotatable bonds is 5. The number of ether oxygens (including phenoxy) is 1. The van der Waals surface area contributed by atoms with Gasteiger partial charge in [-0.15, -0.1) is 24.0 Å². The molecule has 0 radical (unpaired) electrons. The van der Waals surface area contributed by atoms with Gasteiger partial charge in [0.2, 0.25) is 0 Å². The van der Waals surface area contributed by atoms with Crippen molar-refractivity contribution in [3.8, 4) is 5.75 Å². The van der Waals surface area contributed by atoms with Crippen LogP contribution in [0.25, 0.3) is 0 Å². The van der Waals surface area contributed by atoms with Crippen LogP contribution in [0.3, 0.4) is 0 Å². The molecule has 27 heavy (non-hydrogen) atoms. The number of hydrogen-bond donors (Lipinski definition) is 1. The van der Waals surface area contributed by atoms with Crippen molar-refractivity contribution in [3.05, 3.63) is 48.0 Å². The number of methoxy groups -OCH3 is 1. The van der Waals surface area contributed by atoms with Gasteiger partial charge in [-0.1, -0.05) is 12.1 Å². The van der Waals surface area contributed by atoms with E-state index >= 15 is 0 Å². The summed E-state index contributed by atoms with van der Waals surface area (Å²) in [7, 11) is 3.35. The molecule has 0 spiro atoms. The topological polar surface area (TPSA) is 54.7 Å². The van der Waals surface area contributed by atoms with E-state index in [0.717, 1.165) is 29.8 Å². The van der Waals surface area contributed by atoms with Gasteiger partial charge < -0.3 is 15.0 Å². The fraction of sp³-hybridized carbons (Fsp3) is 0.444. The van der Waals surface area contributed by atoms with Crippen molar-refractivity contribution >= 4 is 29.9 Å². The zero-order chi connectivity index (χ0) is 18.5. The van der Waals surface area contributed by atoms with Gasteiger partial charge in [0.25, 0.3) is 0 Å². The molecule has 1 aliphatic rings. The molecule has 2 heterocycles. The average molecular weight is 491 g/mol. The molecule has 1 N–H and O–H groups in total. The molecule has 6 nitrogen and oxygen atoms in total. The number of alkyl halides is 2. The molecule has 1 unspecified atom stereocenters. The van der Waals surface area contributed by atoms with Crippen molar-refractivity contribution in [2.75, 3.05) is 27.2 Å². The fourth-order valence-electron chi connectivity index (χ4n) is 3.25. The zero-order valence-electron chi connectivity index (χ0n) is 15.3. The Morgan fingerprint density at radius 2 is 2.11 bits per heavy atom. The van der Waals surface area contributed by atoms with Crippen LogP contribution in [0.15, 0.2) is 41.7 Å². The summed E-state index contributed by atoms with van der Waals surface area (Å²) in [6.45, 7) is -0.703. The van der Waals surface area contributed by atoms with Crippen LogP contribution in [-0.2, 0) is 6.54 Å². The lowest BCUT2D eigenvalue weighted by Gasteiger charge is -2.22. The number of nitrogens with one attached hydrogen (secondary N) is 1. The average Bonchev–Trinajstić information content (AvgIpc) is 3.32. The van der Waals surface area contributed by atoms with Gasteiger partial charge in [0.1, 0.15) is 11.6 Å². The Morgan fingerprint density at radius 3 is 2.74 bits per heavy atom. The van der Waals surface area contributed by atoms with E-state index in [2.05, 4.69) is 32.3 Å². The fourth-order valence-corrected chi connectivity index (χ4v) is 3.25. The first kappa shape index (κ1) is 21.4. The van der Waals surface area contributed by atoms with Gasteiger partial charge in [-0.3, -0.25) is 9.56 Å². The molecule has 0 amide bonds. The number of guanidine groups is 1. The van der Waals surface area contributed by atoms with Gasteiger partial charge >= 0.3 is 6.55 Å². The van der Waals surface area contributed by atoms with E-state index in [1.165, 1.54) is 18.0 Å². The summed E-state index contributed by atoms with van der Waals surface area (Å²) in [6, 6.07) is 8.11. The van der Waals surface area contributed by atoms with Gasteiger partial charge in [0.05, 0.1) is 13.7 Å². The largest absolute Gasteiger partial charge is 0.497 e. The van der Waals surface area contributed by atoms with E-state index in [4.69, 9.17) is 4.74 Å². The summed E-state index contributed by atoms with van der Waals surface area (Å²) in [5, 5.41) is 3.14. The minimum Gasteiger partial charge on any atom is -0.497 e. The second kappa shape index (κ2) is 9.86. The molecule has 0 saturated carbocycles. The highest BCUT2D eigenvalue weighted by Gasteiger charge is 2.26. The van der Waals surface area contributed by atoms with Crippen LogP contribution < -0.4 is 10.1 Å². The lowest BCUT2D eigenvalue weighted by Crippen LogP contribution is -2.40. The quantitative estimate of drug-likeness (QED) is 0.396. The van der Waals surface area contributed by atoms with Crippen LogP contribution >= 0.6 is 24.0 Å². The van der Waals surface area contributed by atoms with Gasteiger partial charge in [-0.25, -0.2) is 4.98 Å². The lowest BCUT2D eigenvalue weighted by molar-refractivity contribution is 0.0668. The maximum Gasteiger partial charge on any atom is 0.319 e. The van der Waals surface area contributed by atoms with Crippen molar-refractivity contribution in [2.24, 2.45) is 4.99 Å². The molecule has 1 aromatic heterocycles. The molecule has 2 aromatic rings. The third kappa shape index (κ3) is 5.08. The smallest absolute Gasteiger partial charge is 0.319 e. The summed E-state index contributed by atoms with van der Waals surface area (Å²) in [4.78, 5) is 10.4. The van der Waals surface area contributed by atoms with Crippen LogP contribution in [0.4, 0.5) is 8.78 Å². The van der Waals surface area contributed by atoms with Crippen molar-refractivity contribution in [3.63, 3.8) is 0 Å². The summed E-state index contributed by atoms with van der Waals surface area (Å²) in [6.07, 6.45) is 3.67. The molecule has 1 saturated heterocycles. The Morgan fingerprint density at radius 1 is 1.37 bits per heavy atom. The first-order valence-electron chi connectivity index (χ1n) is 8.51. The van der Waals surface area contributed by atoms with Gasteiger partial charge in [0.15, 0.2) is 5.96 Å². The SMILES string of the molecule is CN=C(NCc1nccn1C(F)F)N1CCC(c2ccc(OC)cc2)C1.I. The van der Waals surface area contributed by atoms with Gasteiger partial charge in [-0.05, 0) is 24.1 Å². The van der Waals surface area contributed by atoms with Crippen LogP contribution in [0, 0.1) is 0 Å². The van der Waals surface area contributed by atoms with E-state index in [1.807, 2.05) is 12.1 Å². The highest BCUT2D eigenvalue weighted by molar-refractivity contribution is 14.0. The molecule has 1 aliphatic heterocycles. The second-order valence-electron chi connectivity index (χ2n) is 6.13. The molecular formula is C18H24F2IN5O. The number of nitrogens with zero attached hydrogens (tertiary/aromatic N) is 4. The first-order chi connectivity index (χ1) is 12.6. The predicted octanol–water partition coefficient (Wildman–Crippen LogP) is 3.47. The number of aromatic nitrogens is 2. The maximum absolute atomic E-state index is 12.9. The second-order valence-corrected chi connectivity index (χ2v) is 6.13. The first-order valence-corrected chi connectivity index (χ1v) is 8.51. The van der Waals surface area contributed by atoms with E-state index < -0.39 is 6.55 Å². The summed E-state index contributed by atoms with van der Waals surface area (Å²) in [5.41, 5.74) is 1.26. The highest BCUT2D eigenvalue weighted by Crippen LogP contribution is 2.28. The third-order valence-electron chi connectivity index (χ3n) is 4.65. The van der Waals surface area contributed by atoms with Crippen molar-refractivity contribution < 1.29 is 13.5 Å². The minimum atomic E-state index is -2.59. The molecule has 0 aliphatic carbocycles. The van der Waals surface area contributed by atoms with Crippen molar-refractivity contribution in [1.82, 2.24) is 19.8 Å². The third-order valence-corrected chi connectivity index (χ3v) is 4.65. The molecule has 1 atom stereocenters. The zero-order valence-corrected chi connectivity index (χ0v) is 17.6. The molecule has 1 fully saturated rings. The number of imidazole rings is 1. The number of likely N-dealkylation sites (tertiary alicyclic amines) is 1. The van der Waals surface area contributed by atoms with Crippen LogP contribution in [-0.4, -0.2) is 47.7 Å². The molecule has 3 rings (SSSR count). The molecule has 0 bridgehead atoms. The molecular weight excluding hydrogens is 467 g/mol. The van der Waals surface area contributed by atoms with E-state index in [0.29, 0.717) is 11.9 Å². The molecule has 148 valence electrons. The summed E-state index contributed by atoms with van der Waals surface area (Å²) in [5.74, 6) is 2.23. The summed E-state index contributed by atoms with van der Waals surface area (Å²) < 4.78 is 31.9. The minimum absolute atomic E-state index is 0. The van der Waals surface area contributed by atoms with Crippen LogP contribution in [0.2, 0.25) is 0 Å². The van der Waals surface area contributed by atoms with Crippen molar-refractivity contribution in [1.29, 1.82) is 0 Å². The van der Waals surface area contributed by atoms with Gasteiger partial charge in [-0.2, -0.15) is 8.78 Å². The monoisotopic (exact) mass is 491 g/mol. The number of benzene rings is 1. The van der Waals surface area contributed by atoms with E-state index in [-0.39, 0.29) is 36.3 Å². The Kier molecular flexibility index (Phi) is 7.81. The van der Waals surface area contributed by atoms with Crippen LogP contribution in [0.1, 0.15) is 30.3 Å². The van der Waals surface area contributed by atoms with Gasteiger partial charge in [0, 0.05) is 38.4 Å². The Labute approximate surface area is 174 Å². The normalized spacial score (nSPS) is 17.1. The summed E-state index contributed by atoms with van der Waals surface area (Å²) >= 11 is 0. The number of hydrogen-bond acceptors (Lipinski definition) is 3. The van der Waals surface area contributed by atoms with E-state index in [9.17, 15) is 8.78 Å². The number of halogens is 3. The molecule has 9 heteroatoms. The standard InChI is InChI=1S/C18H23F2N5O.HI/c1-21-18(23-11-16-22-8-10-25(16)17(19)20)24-9-7-14(12-24)13-3-5-15(26-2)6-4-13;/h3-6,8,10,14,17H,7,9,11-12H2,1-2H3,(H,21,23);1H. The Bertz CT molecular complexity index is 750.